The van der Waals surface area contributed by atoms with Gasteiger partial charge in [-0.25, -0.2) is 14.6 Å². The SMILES string of the molecule is N#Cc1cncc(-c2cc3c(cn2)cnn3-c2cccc(N3CCNCC3)n2)n1. The van der Waals surface area contributed by atoms with Crippen molar-refractivity contribution >= 4 is 16.7 Å². The molecule has 5 heterocycles. The van der Waals surface area contributed by atoms with Crippen molar-refractivity contribution in [2.75, 3.05) is 31.1 Å². The minimum Gasteiger partial charge on any atom is -0.354 e. The summed E-state index contributed by atoms with van der Waals surface area (Å²) in [6.07, 6.45) is 6.54. The normalized spacial score (nSPS) is 14.1. The number of nitriles is 1. The van der Waals surface area contributed by atoms with Gasteiger partial charge in [-0.1, -0.05) is 6.07 Å². The lowest BCUT2D eigenvalue weighted by molar-refractivity contribution is 0.584. The van der Waals surface area contributed by atoms with E-state index in [0.717, 1.165) is 48.7 Å². The average molecular weight is 383 g/mol. The van der Waals surface area contributed by atoms with Crippen LogP contribution in [0, 0.1) is 11.3 Å². The summed E-state index contributed by atoms with van der Waals surface area (Å²) in [5, 5.41) is 17.8. The molecule has 9 heteroatoms. The van der Waals surface area contributed by atoms with Crippen LogP contribution < -0.4 is 10.2 Å². The van der Waals surface area contributed by atoms with E-state index in [9.17, 15) is 0 Å². The molecule has 0 spiro atoms. The van der Waals surface area contributed by atoms with Crippen LogP contribution in [0.5, 0.6) is 0 Å². The molecule has 1 fully saturated rings. The van der Waals surface area contributed by atoms with E-state index in [1.54, 1.807) is 23.3 Å². The van der Waals surface area contributed by atoms with Crippen molar-refractivity contribution in [3.8, 4) is 23.3 Å². The van der Waals surface area contributed by atoms with E-state index in [1.807, 2.05) is 30.3 Å². The zero-order chi connectivity index (χ0) is 19.6. The fraction of sp³-hybridized carbons (Fsp3) is 0.200. The van der Waals surface area contributed by atoms with Crippen LogP contribution in [-0.4, -0.2) is 55.9 Å². The molecule has 0 radical (unpaired) electrons. The van der Waals surface area contributed by atoms with Crippen molar-refractivity contribution in [1.82, 2.24) is 35.0 Å². The number of piperazine rings is 1. The smallest absolute Gasteiger partial charge is 0.159 e. The third-order valence-electron chi connectivity index (χ3n) is 4.84. The number of fused-ring (bicyclic) bond motifs is 1. The Kier molecular flexibility index (Phi) is 4.31. The van der Waals surface area contributed by atoms with Crippen molar-refractivity contribution in [3.05, 3.63) is 54.7 Å². The van der Waals surface area contributed by atoms with Gasteiger partial charge in [-0.2, -0.15) is 10.4 Å². The highest BCUT2D eigenvalue weighted by atomic mass is 15.3. The first-order valence-electron chi connectivity index (χ1n) is 9.31. The van der Waals surface area contributed by atoms with Crippen LogP contribution in [0.4, 0.5) is 5.82 Å². The lowest BCUT2D eigenvalue weighted by Crippen LogP contribution is -2.43. The molecule has 0 bridgehead atoms. The fourth-order valence-corrected chi connectivity index (χ4v) is 3.39. The number of aromatic nitrogens is 6. The minimum atomic E-state index is 0.253. The molecule has 1 aliphatic rings. The van der Waals surface area contributed by atoms with Crippen molar-refractivity contribution in [2.24, 2.45) is 0 Å². The van der Waals surface area contributed by atoms with Crippen LogP contribution in [0.1, 0.15) is 5.69 Å². The van der Waals surface area contributed by atoms with Gasteiger partial charge in [0.2, 0.25) is 0 Å². The molecule has 1 aliphatic heterocycles. The van der Waals surface area contributed by atoms with Crippen LogP contribution in [-0.2, 0) is 0 Å². The van der Waals surface area contributed by atoms with Crippen molar-refractivity contribution in [3.63, 3.8) is 0 Å². The summed E-state index contributed by atoms with van der Waals surface area (Å²) < 4.78 is 1.80. The first kappa shape index (κ1) is 17.2. The second-order valence-electron chi connectivity index (χ2n) is 6.68. The Morgan fingerprint density at radius 2 is 1.83 bits per heavy atom. The number of anilines is 1. The van der Waals surface area contributed by atoms with Gasteiger partial charge >= 0.3 is 0 Å². The fourth-order valence-electron chi connectivity index (χ4n) is 3.39. The topological polar surface area (TPSA) is 108 Å². The molecule has 4 aromatic rings. The first-order valence-corrected chi connectivity index (χ1v) is 9.31. The van der Waals surface area contributed by atoms with Gasteiger partial charge in [0.1, 0.15) is 17.6 Å². The maximum Gasteiger partial charge on any atom is 0.159 e. The predicted octanol–water partition coefficient (Wildman–Crippen LogP) is 1.55. The molecule has 29 heavy (non-hydrogen) atoms. The lowest BCUT2D eigenvalue weighted by Gasteiger charge is -2.28. The van der Waals surface area contributed by atoms with Gasteiger partial charge in [0.05, 0.1) is 29.8 Å². The summed E-state index contributed by atoms with van der Waals surface area (Å²) in [5.41, 5.74) is 2.29. The molecule has 142 valence electrons. The second kappa shape index (κ2) is 7.26. The lowest BCUT2D eigenvalue weighted by atomic mass is 10.2. The molecule has 0 amide bonds. The van der Waals surface area contributed by atoms with Crippen LogP contribution in [0.15, 0.2) is 49.1 Å². The predicted molar refractivity (Wildman–Crippen MR) is 107 cm³/mol. The van der Waals surface area contributed by atoms with Gasteiger partial charge < -0.3 is 10.2 Å². The molecule has 0 atom stereocenters. The van der Waals surface area contributed by atoms with Crippen molar-refractivity contribution < 1.29 is 0 Å². The molecule has 0 unspecified atom stereocenters. The molecular formula is C20H17N9. The Hall–Kier alpha value is -3.90. The van der Waals surface area contributed by atoms with Crippen molar-refractivity contribution in [2.45, 2.75) is 0 Å². The Labute approximate surface area is 166 Å². The zero-order valence-corrected chi connectivity index (χ0v) is 15.5. The van der Waals surface area contributed by atoms with E-state index < -0.39 is 0 Å². The summed E-state index contributed by atoms with van der Waals surface area (Å²) in [5.74, 6) is 1.68. The quantitative estimate of drug-likeness (QED) is 0.568. The summed E-state index contributed by atoms with van der Waals surface area (Å²) in [7, 11) is 0. The molecule has 9 nitrogen and oxygen atoms in total. The van der Waals surface area contributed by atoms with Crippen LogP contribution in [0.25, 0.3) is 28.1 Å². The molecule has 0 aromatic carbocycles. The monoisotopic (exact) mass is 383 g/mol. The van der Waals surface area contributed by atoms with Crippen LogP contribution in [0.3, 0.4) is 0 Å². The molecule has 1 N–H and O–H groups in total. The first-order chi connectivity index (χ1) is 14.3. The van der Waals surface area contributed by atoms with Gasteiger partial charge in [-0.15, -0.1) is 0 Å². The van der Waals surface area contributed by atoms with Gasteiger partial charge in [-0.3, -0.25) is 9.97 Å². The Morgan fingerprint density at radius 1 is 0.966 bits per heavy atom. The third-order valence-corrected chi connectivity index (χ3v) is 4.84. The standard InChI is InChI=1S/C20H17N9/c21-9-15-12-23-13-17(26-15)16-8-18-14(10-24-16)11-25-29(18)20-3-1-2-19(27-20)28-6-4-22-5-7-28/h1-3,8,10-13,22H,4-7H2. The number of nitrogens with one attached hydrogen (secondary N) is 1. The maximum absolute atomic E-state index is 9.07. The van der Waals surface area contributed by atoms with Crippen molar-refractivity contribution in [1.29, 1.82) is 5.26 Å². The van der Waals surface area contributed by atoms with Gasteiger partial charge in [0.25, 0.3) is 0 Å². The summed E-state index contributed by atoms with van der Waals surface area (Å²) in [4.78, 5) is 19.9. The highest BCUT2D eigenvalue weighted by molar-refractivity contribution is 5.82. The Morgan fingerprint density at radius 3 is 2.69 bits per heavy atom. The van der Waals surface area contributed by atoms with E-state index in [1.165, 1.54) is 6.20 Å². The Bertz CT molecular complexity index is 1220. The molecule has 1 saturated heterocycles. The number of nitrogens with zero attached hydrogens (tertiary/aromatic N) is 8. The number of hydrogen-bond donors (Lipinski definition) is 1. The highest BCUT2D eigenvalue weighted by Crippen LogP contribution is 2.23. The maximum atomic E-state index is 9.07. The van der Waals surface area contributed by atoms with E-state index in [4.69, 9.17) is 10.2 Å². The van der Waals surface area contributed by atoms with Gasteiger partial charge in [-0.05, 0) is 18.2 Å². The second-order valence-corrected chi connectivity index (χ2v) is 6.68. The third kappa shape index (κ3) is 3.26. The summed E-state index contributed by atoms with van der Waals surface area (Å²) in [6.45, 7) is 3.76. The summed E-state index contributed by atoms with van der Waals surface area (Å²) >= 11 is 0. The highest BCUT2D eigenvalue weighted by Gasteiger charge is 2.14. The molecule has 5 rings (SSSR count). The van der Waals surface area contributed by atoms with E-state index >= 15 is 0 Å². The molecule has 0 aliphatic carbocycles. The molecule has 4 aromatic heterocycles. The molecule has 0 saturated carbocycles. The number of pyridine rings is 2. The van der Waals surface area contributed by atoms with E-state index in [0.29, 0.717) is 11.4 Å². The van der Waals surface area contributed by atoms with Gasteiger partial charge in [0, 0.05) is 37.8 Å². The Balaban J connectivity index is 1.56. The number of hydrogen-bond acceptors (Lipinski definition) is 8. The van der Waals surface area contributed by atoms with Crippen LogP contribution >= 0.6 is 0 Å². The average Bonchev–Trinajstić information content (AvgIpc) is 3.23. The largest absolute Gasteiger partial charge is 0.354 e. The van der Waals surface area contributed by atoms with Gasteiger partial charge in [0.15, 0.2) is 11.5 Å². The van der Waals surface area contributed by atoms with Crippen LogP contribution in [0.2, 0.25) is 0 Å². The minimum absolute atomic E-state index is 0.253. The van der Waals surface area contributed by atoms with E-state index in [-0.39, 0.29) is 5.69 Å². The summed E-state index contributed by atoms with van der Waals surface area (Å²) in [6, 6.07) is 9.86. The molecular weight excluding hydrogens is 366 g/mol. The number of rotatable bonds is 3. The van der Waals surface area contributed by atoms with E-state index in [2.05, 4.69) is 30.3 Å². The zero-order valence-electron chi connectivity index (χ0n) is 15.5.